The molecule has 0 atom stereocenters. The SMILES string of the molecule is NNC1=Nc2cncnc2SC1. The van der Waals surface area contributed by atoms with Crippen LogP contribution in [0.2, 0.25) is 0 Å². The summed E-state index contributed by atoms with van der Waals surface area (Å²) in [6.45, 7) is 0. The lowest BCUT2D eigenvalue weighted by Crippen LogP contribution is -2.32. The van der Waals surface area contributed by atoms with Crippen molar-refractivity contribution >= 4 is 23.3 Å². The van der Waals surface area contributed by atoms with Crippen molar-refractivity contribution < 1.29 is 0 Å². The number of nitrogens with zero attached hydrogens (tertiary/aromatic N) is 3. The molecule has 1 aromatic rings. The molecule has 2 heterocycles. The van der Waals surface area contributed by atoms with Gasteiger partial charge >= 0.3 is 0 Å². The molecule has 0 unspecified atom stereocenters. The van der Waals surface area contributed by atoms with Gasteiger partial charge in [0, 0.05) is 0 Å². The summed E-state index contributed by atoms with van der Waals surface area (Å²) in [7, 11) is 0. The van der Waals surface area contributed by atoms with Gasteiger partial charge in [0.05, 0.1) is 11.9 Å². The lowest BCUT2D eigenvalue weighted by Gasteiger charge is -2.11. The summed E-state index contributed by atoms with van der Waals surface area (Å²) in [4.78, 5) is 12.1. The second-order valence-corrected chi connectivity index (χ2v) is 3.17. The Kier molecular flexibility index (Phi) is 1.92. The maximum Gasteiger partial charge on any atom is 0.127 e. The summed E-state index contributed by atoms with van der Waals surface area (Å²) < 4.78 is 0. The predicted molar refractivity (Wildman–Crippen MR) is 47.2 cm³/mol. The first-order valence-electron chi connectivity index (χ1n) is 3.37. The average molecular weight is 181 g/mol. The number of hydrogen-bond donors (Lipinski definition) is 2. The summed E-state index contributed by atoms with van der Waals surface area (Å²) in [5.41, 5.74) is 3.30. The summed E-state index contributed by atoms with van der Waals surface area (Å²) in [6.07, 6.45) is 3.19. The first-order chi connectivity index (χ1) is 5.90. The number of aliphatic imine (C=N–C) groups is 1. The zero-order valence-electron chi connectivity index (χ0n) is 6.19. The molecule has 12 heavy (non-hydrogen) atoms. The van der Waals surface area contributed by atoms with Gasteiger partial charge in [0.15, 0.2) is 0 Å². The highest BCUT2D eigenvalue weighted by Gasteiger charge is 2.11. The average Bonchev–Trinajstić information content (AvgIpc) is 2.17. The normalized spacial score (nSPS) is 14.9. The van der Waals surface area contributed by atoms with E-state index in [1.165, 1.54) is 6.33 Å². The second kappa shape index (κ2) is 3.08. The van der Waals surface area contributed by atoms with Crippen LogP contribution in [0.15, 0.2) is 22.5 Å². The fourth-order valence-corrected chi connectivity index (χ4v) is 1.68. The Balaban J connectivity index is 2.41. The lowest BCUT2D eigenvalue weighted by molar-refractivity contribution is 0.988. The minimum absolute atomic E-state index is 0.737. The molecule has 0 bridgehead atoms. The first kappa shape index (κ1) is 7.51. The molecule has 0 saturated heterocycles. The third-order valence-corrected chi connectivity index (χ3v) is 2.43. The van der Waals surface area contributed by atoms with Gasteiger partial charge < -0.3 is 5.43 Å². The van der Waals surface area contributed by atoms with Crippen molar-refractivity contribution in [2.75, 3.05) is 5.75 Å². The molecular formula is C6H7N5S. The zero-order valence-corrected chi connectivity index (χ0v) is 7.01. The highest BCUT2D eigenvalue weighted by Crippen LogP contribution is 2.29. The maximum absolute atomic E-state index is 5.23. The van der Waals surface area contributed by atoms with E-state index in [0.717, 1.165) is 22.3 Å². The summed E-state index contributed by atoms with van der Waals surface area (Å²) in [6, 6.07) is 0. The van der Waals surface area contributed by atoms with Crippen molar-refractivity contribution in [3.63, 3.8) is 0 Å². The molecule has 2 rings (SSSR count). The van der Waals surface area contributed by atoms with Gasteiger partial charge in [0.1, 0.15) is 22.9 Å². The van der Waals surface area contributed by atoms with Crippen LogP contribution in [-0.4, -0.2) is 21.6 Å². The van der Waals surface area contributed by atoms with Crippen molar-refractivity contribution in [1.29, 1.82) is 0 Å². The van der Waals surface area contributed by atoms with Crippen LogP contribution < -0.4 is 11.3 Å². The molecule has 5 nitrogen and oxygen atoms in total. The summed E-state index contributed by atoms with van der Waals surface area (Å²) in [5.74, 6) is 6.71. The highest BCUT2D eigenvalue weighted by atomic mass is 32.2. The Labute approximate surface area is 73.5 Å². The Morgan fingerprint density at radius 1 is 1.58 bits per heavy atom. The van der Waals surface area contributed by atoms with Crippen LogP contribution in [-0.2, 0) is 0 Å². The van der Waals surface area contributed by atoms with Gasteiger partial charge in [0.2, 0.25) is 0 Å². The number of fused-ring (bicyclic) bond motifs is 1. The van der Waals surface area contributed by atoms with E-state index in [9.17, 15) is 0 Å². The Morgan fingerprint density at radius 2 is 2.50 bits per heavy atom. The van der Waals surface area contributed by atoms with Crippen molar-refractivity contribution in [1.82, 2.24) is 15.4 Å². The largest absolute Gasteiger partial charge is 0.311 e. The van der Waals surface area contributed by atoms with Gasteiger partial charge in [-0.05, 0) is 0 Å². The van der Waals surface area contributed by atoms with Gasteiger partial charge in [-0.2, -0.15) is 0 Å². The maximum atomic E-state index is 5.23. The van der Waals surface area contributed by atoms with Crippen LogP contribution in [0.4, 0.5) is 5.69 Å². The van der Waals surface area contributed by atoms with E-state index in [4.69, 9.17) is 5.84 Å². The van der Waals surface area contributed by atoms with E-state index < -0.39 is 0 Å². The smallest absolute Gasteiger partial charge is 0.127 e. The molecule has 6 heteroatoms. The van der Waals surface area contributed by atoms with E-state index >= 15 is 0 Å². The fraction of sp³-hybridized carbons (Fsp3) is 0.167. The number of hydrogen-bond acceptors (Lipinski definition) is 6. The minimum atomic E-state index is 0.737. The number of rotatable bonds is 0. The molecule has 0 amide bonds. The standard InChI is InChI=1S/C6H7N5S/c7-11-5-2-12-6-4(10-5)1-8-3-9-6/h1,3H,2,7H2,(H,10,11). The second-order valence-electron chi connectivity index (χ2n) is 2.20. The third-order valence-electron chi connectivity index (χ3n) is 1.43. The van der Waals surface area contributed by atoms with E-state index in [0.29, 0.717) is 0 Å². The van der Waals surface area contributed by atoms with E-state index in [1.807, 2.05) is 0 Å². The lowest BCUT2D eigenvalue weighted by atomic mass is 10.5. The topological polar surface area (TPSA) is 76.2 Å². The van der Waals surface area contributed by atoms with E-state index in [1.54, 1.807) is 18.0 Å². The van der Waals surface area contributed by atoms with E-state index in [2.05, 4.69) is 20.4 Å². The van der Waals surface area contributed by atoms with Crippen molar-refractivity contribution in [2.45, 2.75) is 5.03 Å². The van der Waals surface area contributed by atoms with Crippen LogP contribution in [0.25, 0.3) is 0 Å². The molecule has 0 fully saturated rings. The molecule has 0 radical (unpaired) electrons. The molecule has 1 aliphatic rings. The molecule has 3 N–H and O–H groups in total. The molecule has 0 saturated carbocycles. The first-order valence-corrected chi connectivity index (χ1v) is 4.35. The number of amidine groups is 1. The van der Waals surface area contributed by atoms with Gasteiger partial charge in [-0.15, -0.1) is 0 Å². The van der Waals surface area contributed by atoms with Gasteiger partial charge in [-0.25, -0.2) is 20.8 Å². The van der Waals surface area contributed by atoms with Crippen LogP contribution in [0.5, 0.6) is 0 Å². The molecule has 1 aromatic heterocycles. The number of aromatic nitrogens is 2. The van der Waals surface area contributed by atoms with Crippen molar-refractivity contribution in [3.05, 3.63) is 12.5 Å². The molecule has 62 valence electrons. The predicted octanol–water partition coefficient (Wildman–Crippen LogP) is 0.0756. The van der Waals surface area contributed by atoms with Crippen molar-refractivity contribution in [2.24, 2.45) is 10.8 Å². The van der Waals surface area contributed by atoms with Gasteiger partial charge in [-0.1, -0.05) is 11.8 Å². The molecule has 1 aliphatic heterocycles. The Morgan fingerprint density at radius 3 is 3.33 bits per heavy atom. The number of hydrazine groups is 1. The molecule has 0 aliphatic carbocycles. The zero-order chi connectivity index (χ0) is 8.39. The Bertz CT molecular complexity index is 323. The molecule has 0 aromatic carbocycles. The number of thioether (sulfide) groups is 1. The monoisotopic (exact) mass is 181 g/mol. The van der Waals surface area contributed by atoms with Crippen LogP contribution >= 0.6 is 11.8 Å². The molecular weight excluding hydrogens is 174 g/mol. The minimum Gasteiger partial charge on any atom is -0.311 e. The highest BCUT2D eigenvalue weighted by molar-refractivity contribution is 8.00. The summed E-state index contributed by atoms with van der Waals surface area (Å²) >= 11 is 1.60. The fourth-order valence-electron chi connectivity index (χ4n) is 0.887. The molecule has 0 spiro atoms. The van der Waals surface area contributed by atoms with Crippen molar-refractivity contribution in [3.8, 4) is 0 Å². The Hall–Kier alpha value is -1.14. The van der Waals surface area contributed by atoms with Gasteiger partial charge in [0.25, 0.3) is 0 Å². The number of nitrogens with two attached hydrogens (primary N) is 1. The number of nitrogens with one attached hydrogen (secondary N) is 1. The van der Waals surface area contributed by atoms with Crippen LogP contribution in [0.1, 0.15) is 0 Å². The van der Waals surface area contributed by atoms with E-state index in [-0.39, 0.29) is 0 Å². The van der Waals surface area contributed by atoms with Crippen LogP contribution in [0, 0.1) is 0 Å². The van der Waals surface area contributed by atoms with Gasteiger partial charge in [-0.3, -0.25) is 0 Å². The third kappa shape index (κ3) is 1.26. The quantitative estimate of drug-likeness (QED) is 0.336. The summed E-state index contributed by atoms with van der Waals surface area (Å²) in [5, 5.41) is 0.906. The van der Waals surface area contributed by atoms with Crippen LogP contribution in [0.3, 0.4) is 0 Å².